The summed E-state index contributed by atoms with van der Waals surface area (Å²) in [6.45, 7) is 1.89. The molecule has 1 fully saturated rings. The summed E-state index contributed by atoms with van der Waals surface area (Å²) in [4.78, 5) is 28.5. The summed E-state index contributed by atoms with van der Waals surface area (Å²) in [5, 5.41) is 12.0. The number of para-hydroxylation sites is 1. The van der Waals surface area contributed by atoms with Gasteiger partial charge >= 0.3 is 0 Å². The molecule has 4 aromatic rings. The maximum atomic E-state index is 13.6. The lowest BCUT2D eigenvalue weighted by molar-refractivity contribution is -0.132. The molecule has 1 amide bonds. The third-order valence-corrected chi connectivity index (χ3v) is 6.84. The van der Waals surface area contributed by atoms with E-state index >= 15 is 0 Å². The van der Waals surface area contributed by atoms with Gasteiger partial charge in [-0.2, -0.15) is 0 Å². The summed E-state index contributed by atoms with van der Waals surface area (Å²) in [5.41, 5.74) is 1.93. The minimum Gasteiger partial charge on any atom is -0.507 e. The van der Waals surface area contributed by atoms with Crippen molar-refractivity contribution < 1.29 is 24.2 Å². The van der Waals surface area contributed by atoms with Crippen LogP contribution in [0, 0.1) is 6.92 Å². The molecule has 0 bridgehead atoms. The van der Waals surface area contributed by atoms with Crippen molar-refractivity contribution in [3.63, 3.8) is 0 Å². The van der Waals surface area contributed by atoms with E-state index in [2.05, 4.69) is 0 Å². The van der Waals surface area contributed by atoms with Gasteiger partial charge < -0.3 is 14.6 Å². The molecule has 8 heteroatoms. The number of ketones is 1. The molecule has 0 aromatic heterocycles. The van der Waals surface area contributed by atoms with Crippen molar-refractivity contribution in [2.75, 3.05) is 12.0 Å². The molecule has 0 aliphatic carbocycles. The Morgan fingerprint density at radius 2 is 1.59 bits per heavy atom. The molecule has 4 aromatic carbocycles. The molecule has 1 atom stereocenters. The van der Waals surface area contributed by atoms with E-state index in [1.54, 1.807) is 42.5 Å². The second-order valence-corrected chi connectivity index (χ2v) is 9.81. The first-order valence-electron chi connectivity index (χ1n) is 12.0. The van der Waals surface area contributed by atoms with Crippen LogP contribution in [0.15, 0.2) is 96.6 Å². The number of methoxy groups -OCH3 is 1. The number of aryl methyl sites for hydroxylation is 1. The maximum Gasteiger partial charge on any atom is 0.300 e. The minimum atomic E-state index is -0.978. The van der Waals surface area contributed by atoms with Crippen LogP contribution in [0.5, 0.6) is 17.2 Å². The van der Waals surface area contributed by atoms with Crippen LogP contribution in [0.25, 0.3) is 5.76 Å². The molecule has 39 heavy (non-hydrogen) atoms. The third kappa shape index (κ3) is 5.09. The Balaban J connectivity index is 1.73. The first-order chi connectivity index (χ1) is 18.8. The van der Waals surface area contributed by atoms with Gasteiger partial charge in [-0.3, -0.25) is 14.5 Å². The van der Waals surface area contributed by atoms with Crippen molar-refractivity contribution in [1.29, 1.82) is 0 Å². The first-order valence-corrected chi connectivity index (χ1v) is 12.8. The van der Waals surface area contributed by atoms with Crippen LogP contribution in [0.3, 0.4) is 0 Å². The molecule has 1 aliphatic rings. The number of carbonyl (C=O) groups is 2. The third-order valence-electron chi connectivity index (χ3n) is 6.34. The Kier molecular flexibility index (Phi) is 7.33. The number of nitrogens with zero attached hydrogens (tertiary/aromatic N) is 1. The monoisotopic (exact) mass is 559 g/mol. The number of aliphatic hydroxyl groups excluding tert-OH is 1. The molecule has 1 unspecified atom stereocenters. The van der Waals surface area contributed by atoms with E-state index < -0.39 is 23.5 Å². The summed E-state index contributed by atoms with van der Waals surface area (Å²) in [7, 11) is 1.39. The number of amides is 1. The molecule has 196 valence electrons. The molecule has 6 nitrogen and oxygen atoms in total. The van der Waals surface area contributed by atoms with Crippen LogP contribution < -0.4 is 14.4 Å². The summed E-state index contributed by atoms with van der Waals surface area (Å²) in [6, 6.07) is 25.4. The lowest BCUT2D eigenvalue weighted by Gasteiger charge is -2.26. The fraction of sp³-hybridized carbons (Fsp3) is 0.0968. The second-order valence-electron chi connectivity index (χ2n) is 8.96. The smallest absolute Gasteiger partial charge is 0.300 e. The van der Waals surface area contributed by atoms with Gasteiger partial charge in [0.05, 0.1) is 29.3 Å². The largest absolute Gasteiger partial charge is 0.507 e. The minimum absolute atomic E-state index is 0.0962. The first kappa shape index (κ1) is 26.4. The number of hydrogen-bond donors (Lipinski definition) is 1. The van der Waals surface area contributed by atoms with Crippen molar-refractivity contribution in [3.8, 4) is 17.2 Å². The van der Waals surface area contributed by atoms with Crippen molar-refractivity contribution in [2.45, 2.75) is 13.0 Å². The van der Waals surface area contributed by atoms with E-state index in [4.69, 9.17) is 32.7 Å². The number of aliphatic hydroxyl groups is 1. The molecule has 0 spiro atoms. The zero-order valence-electron chi connectivity index (χ0n) is 21.0. The Morgan fingerprint density at radius 3 is 2.31 bits per heavy atom. The topological polar surface area (TPSA) is 76.1 Å². The van der Waals surface area contributed by atoms with Gasteiger partial charge in [-0.25, -0.2) is 0 Å². The molecule has 1 saturated heterocycles. The second kappa shape index (κ2) is 10.8. The van der Waals surface area contributed by atoms with Crippen LogP contribution in [-0.2, 0) is 9.59 Å². The molecule has 1 heterocycles. The van der Waals surface area contributed by atoms with Gasteiger partial charge in [0.1, 0.15) is 23.0 Å². The molecule has 5 rings (SSSR count). The van der Waals surface area contributed by atoms with Gasteiger partial charge in [0.2, 0.25) is 0 Å². The predicted octanol–water partition coefficient (Wildman–Crippen LogP) is 7.73. The average Bonchev–Trinajstić information content (AvgIpc) is 3.19. The van der Waals surface area contributed by atoms with E-state index in [9.17, 15) is 14.7 Å². The number of halogens is 2. The standard InChI is InChI=1S/C31H23Cl2NO5/c1-18-8-6-10-21(14-18)34-27(19-9-7-13-23(15-19)39-22-11-4-3-5-12-22)26(29(36)31(34)37)28(35)24-16-20(32)17-25(33)30(24)38-2/h3-17,27,35H,1-2H3/b28-26+. The molecule has 0 saturated carbocycles. The lowest BCUT2D eigenvalue weighted by Crippen LogP contribution is -2.29. The van der Waals surface area contributed by atoms with E-state index in [0.717, 1.165) is 5.56 Å². The molecular weight excluding hydrogens is 537 g/mol. The summed E-state index contributed by atoms with van der Waals surface area (Å²) >= 11 is 12.6. The van der Waals surface area contributed by atoms with E-state index in [-0.39, 0.29) is 26.9 Å². The van der Waals surface area contributed by atoms with E-state index in [1.165, 1.54) is 24.1 Å². The maximum absolute atomic E-state index is 13.6. The normalized spacial score (nSPS) is 16.4. The fourth-order valence-electron chi connectivity index (χ4n) is 4.65. The van der Waals surface area contributed by atoms with Crippen LogP contribution in [0.1, 0.15) is 22.7 Å². The molecule has 0 radical (unpaired) electrons. The van der Waals surface area contributed by atoms with Crippen molar-refractivity contribution in [1.82, 2.24) is 0 Å². The van der Waals surface area contributed by atoms with Gasteiger partial charge in [-0.1, -0.05) is 65.7 Å². The van der Waals surface area contributed by atoms with Crippen LogP contribution >= 0.6 is 23.2 Å². The Bertz CT molecular complexity index is 1620. The zero-order chi connectivity index (χ0) is 27.7. The van der Waals surface area contributed by atoms with Crippen LogP contribution in [-0.4, -0.2) is 23.9 Å². The molecule has 1 N–H and O–H groups in total. The van der Waals surface area contributed by atoms with Gasteiger partial charge in [-0.05, 0) is 66.6 Å². The van der Waals surface area contributed by atoms with E-state index in [1.807, 2.05) is 43.3 Å². The van der Waals surface area contributed by atoms with Crippen molar-refractivity contribution >= 4 is 46.3 Å². The summed E-state index contributed by atoms with van der Waals surface area (Å²) in [6.07, 6.45) is 0. The fourth-order valence-corrected chi connectivity index (χ4v) is 5.22. The highest BCUT2D eigenvalue weighted by Crippen LogP contribution is 2.45. The Hall–Kier alpha value is -4.26. The van der Waals surface area contributed by atoms with Gasteiger partial charge in [0.25, 0.3) is 11.7 Å². The number of benzene rings is 4. The van der Waals surface area contributed by atoms with Gasteiger partial charge in [0, 0.05) is 10.7 Å². The highest BCUT2D eigenvalue weighted by atomic mass is 35.5. The summed E-state index contributed by atoms with van der Waals surface area (Å²) in [5.74, 6) is -0.845. The number of hydrogen-bond acceptors (Lipinski definition) is 5. The molecule has 1 aliphatic heterocycles. The zero-order valence-corrected chi connectivity index (χ0v) is 22.5. The quantitative estimate of drug-likeness (QED) is 0.148. The average molecular weight is 560 g/mol. The Labute approximate surface area is 235 Å². The van der Waals surface area contributed by atoms with Gasteiger partial charge in [-0.15, -0.1) is 0 Å². The van der Waals surface area contributed by atoms with Crippen molar-refractivity contribution in [2.24, 2.45) is 0 Å². The summed E-state index contributed by atoms with van der Waals surface area (Å²) < 4.78 is 11.4. The highest BCUT2D eigenvalue weighted by Gasteiger charge is 2.47. The number of rotatable bonds is 6. The number of ether oxygens (including phenoxy) is 2. The van der Waals surface area contributed by atoms with Crippen LogP contribution in [0.2, 0.25) is 10.0 Å². The molecular formula is C31H23Cl2NO5. The van der Waals surface area contributed by atoms with E-state index in [0.29, 0.717) is 22.7 Å². The van der Waals surface area contributed by atoms with Crippen molar-refractivity contribution in [3.05, 3.63) is 123 Å². The number of carbonyl (C=O) groups excluding carboxylic acids is 2. The van der Waals surface area contributed by atoms with Crippen LogP contribution in [0.4, 0.5) is 5.69 Å². The highest BCUT2D eigenvalue weighted by molar-refractivity contribution is 6.52. The number of Topliss-reactive ketones (excluding diaryl/α,β-unsaturated/α-hetero) is 1. The number of anilines is 1. The Morgan fingerprint density at radius 1 is 0.872 bits per heavy atom. The van der Waals surface area contributed by atoms with Gasteiger partial charge in [0.15, 0.2) is 0 Å². The lowest BCUT2D eigenvalue weighted by atomic mass is 9.94. The SMILES string of the molecule is COc1c(Cl)cc(Cl)cc1/C(O)=C1\C(=O)C(=O)N(c2cccc(C)c2)C1c1cccc(Oc2ccccc2)c1. The predicted molar refractivity (Wildman–Crippen MR) is 152 cm³/mol.